The largest absolute Gasteiger partial charge is 0.306 e. The molecule has 0 radical (unpaired) electrons. The smallest absolute Gasteiger partial charge is 0.127 e. The van der Waals surface area contributed by atoms with Crippen LogP contribution in [0.5, 0.6) is 0 Å². The van der Waals surface area contributed by atoms with Gasteiger partial charge in [0.05, 0.1) is 5.69 Å². The van der Waals surface area contributed by atoms with Crippen molar-refractivity contribution in [3.05, 3.63) is 53.1 Å². The van der Waals surface area contributed by atoms with Crippen molar-refractivity contribution in [3.63, 3.8) is 0 Å². The van der Waals surface area contributed by atoms with Gasteiger partial charge in [0, 0.05) is 36.5 Å². The first-order valence-electron chi connectivity index (χ1n) is 6.62. The summed E-state index contributed by atoms with van der Waals surface area (Å²) in [6, 6.07) is 7.00. The van der Waals surface area contributed by atoms with Crippen molar-refractivity contribution < 1.29 is 4.39 Å². The molecule has 0 aliphatic rings. The minimum atomic E-state index is -0.164. The molecule has 2 rings (SSSR count). The van der Waals surface area contributed by atoms with E-state index in [-0.39, 0.29) is 11.9 Å². The lowest BCUT2D eigenvalue weighted by Gasteiger charge is -2.13. The van der Waals surface area contributed by atoms with E-state index < -0.39 is 0 Å². The highest BCUT2D eigenvalue weighted by Crippen LogP contribution is 2.17. The SMILES string of the molecule is CCn1cc(C(C)NCc2ccccc2F)c(C)n1. The van der Waals surface area contributed by atoms with E-state index in [4.69, 9.17) is 0 Å². The van der Waals surface area contributed by atoms with Gasteiger partial charge in [-0.15, -0.1) is 0 Å². The number of hydrogen-bond acceptors (Lipinski definition) is 2. The van der Waals surface area contributed by atoms with Crippen molar-refractivity contribution in [2.24, 2.45) is 0 Å². The van der Waals surface area contributed by atoms with Crippen LogP contribution in [-0.2, 0) is 13.1 Å². The second kappa shape index (κ2) is 5.97. The van der Waals surface area contributed by atoms with Gasteiger partial charge in [-0.05, 0) is 26.8 Å². The van der Waals surface area contributed by atoms with Crippen LogP contribution in [0, 0.1) is 12.7 Å². The Balaban J connectivity index is 2.03. The number of aromatic nitrogens is 2. The Morgan fingerprint density at radius 1 is 1.37 bits per heavy atom. The predicted octanol–water partition coefficient (Wildman–Crippen LogP) is 3.20. The van der Waals surface area contributed by atoms with Gasteiger partial charge in [0.15, 0.2) is 0 Å². The first-order valence-corrected chi connectivity index (χ1v) is 6.62. The van der Waals surface area contributed by atoms with Crippen molar-refractivity contribution in [3.8, 4) is 0 Å². The maximum Gasteiger partial charge on any atom is 0.127 e. The van der Waals surface area contributed by atoms with Crippen LogP contribution in [-0.4, -0.2) is 9.78 Å². The molecular weight excluding hydrogens is 241 g/mol. The van der Waals surface area contributed by atoms with Crippen molar-refractivity contribution in [2.75, 3.05) is 0 Å². The monoisotopic (exact) mass is 261 g/mol. The van der Waals surface area contributed by atoms with E-state index in [9.17, 15) is 4.39 Å². The van der Waals surface area contributed by atoms with E-state index in [0.29, 0.717) is 12.1 Å². The molecule has 0 bridgehead atoms. The van der Waals surface area contributed by atoms with Gasteiger partial charge in [-0.3, -0.25) is 4.68 Å². The minimum Gasteiger partial charge on any atom is -0.306 e. The number of nitrogens with zero attached hydrogens (tertiary/aromatic N) is 2. The van der Waals surface area contributed by atoms with E-state index in [2.05, 4.69) is 24.3 Å². The summed E-state index contributed by atoms with van der Waals surface area (Å²) in [5.41, 5.74) is 2.88. The molecule has 3 nitrogen and oxygen atoms in total. The molecule has 0 saturated carbocycles. The molecular formula is C15H20FN3. The third-order valence-corrected chi connectivity index (χ3v) is 3.33. The van der Waals surface area contributed by atoms with Crippen molar-refractivity contribution in [1.29, 1.82) is 0 Å². The molecule has 0 spiro atoms. The molecule has 19 heavy (non-hydrogen) atoms. The number of hydrogen-bond donors (Lipinski definition) is 1. The van der Waals surface area contributed by atoms with Crippen LogP contribution in [0.25, 0.3) is 0 Å². The zero-order valence-electron chi connectivity index (χ0n) is 11.7. The van der Waals surface area contributed by atoms with Gasteiger partial charge in [0.2, 0.25) is 0 Å². The highest BCUT2D eigenvalue weighted by molar-refractivity contribution is 5.21. The lowest BCUT2D eigenvalue weighted by Crippen LogP contribution is -2.19. The quantitative estimate of drug-likeness (QED) is 0.895. The number of halogens is 1. The van der Waals surface area contributed by atoms with Crippen LogP contribution >= 0.6 is 0 Å². The van der Waals surface area contributed by atoms with Crippen LogP contribution in [0.3, 0.4) is 0 Å². The second-order valence-electron chi connectivity index (χ2n) is 4.72. The topological polar surface area (TPSA) is 29.9 Å². The van der Waals surface area contributed by atoms with Crippen molar-refractivity contribution in [1.82, 2.24) is 15.1 Å². The first-order chi connectivity index (χ1) is 9.11. The van der Waals surface area contributed by atoms with Gasteiger partial charge in [0.25, 0.3) is 0 Å². The average Bonchev–Trinajstić information content (AvgIpc) is 2.79. The van der Waals surface area contributed by atoms with E-state index >= 15 is 0 Å². The highest BCUT2D eigenvalue weighted by Gasteiger charge is 2.12. The summed E-state index contributed by atoms with van der Waals surface area (Å²) < 4.78 is 15.4. The third-order valence-electron chi connectivity index (χ3n) is 3.33. The molecule has 0 aliphatic carbocycles. The van der Waals surface area contributed by atoms with Crippen LogP contribution < -0.4 is 5.32 Å². The standard InChI is InChI=1S/C15H20FN3/c1-4-19-10-14(12(3)18-19)11(2)17-9-13-7-5-6-8-15(13)16/h5-8,10-11,17H,4,9H2,1-3H3. The number of aryl methyl sites for hydroxylation is 2. The van der Waals surface area contributed by atoms with Crippen molar-refractivity contribution >= 4 is 0 Å². The van der Waals surface area contributed by atoms with Gasteiger partial charge >= 0.3 is 0 Å². The predicted molar refractivity (Wildman–Crippen MR) is 74.3 cm³/mol. The Kier molecular flexibility index (Phi) is 4.32. The zero-order valence-corrected chi connectivity index (χ0v) is 11.7. The number of benzene rings is 1. The molecule has 1 heterocycles. The van der Waals surface area contributed by atoms with E-state index in [1.165, 1.54) is 6.07 Å². The van der Waals surface area contributed by atoms with Crippen molar-refractivity contribution in [2.45, 2.75) is 39.9 Å². The molecule has 0 amide bonds. The molecule has 1 aromatic heterocycles. The van der Waals surface area contributed by atoms with Gasteiger partial charge in [-0.1, -0.05) is 18.2 Å². The summed E-state index contributed by atoms with van der Waals surface area (Å²) in [7, 11) is 0. The molecule has 0 aliphatic heterocycles. The van der Waals surface area contributed by atoms with Crippen LogP contribution in [0.2, 0.25) is 0 Å². The van der Waals surface area contributed by atoms with Crippen LogP contribution in [0.4, 0.5) is 4.39 Å². The third kappa shape index (κ3) is 3.20. The lowest BCUT2D eigenvalue weighted by atomic mass is 10.1. The number of nitrogens with one attached hydrogen (secondary N) is 1. The molecule has 0 saturated heterocycles. The fraction of sp³-hybridized carbons (Fsp3) is 0.400. The first kappa shape index (κ1) is 13.7. The van der Waals surface area contributed by atoms with Crippen LogP contribution in [0.1, 0.15) is 36.7 Å². The normalized spacial score (nSPS) is 12.6. The summed E-state index contributed by atoms with van der Waals surface area (Å²) in [6.07, 6.45) is 2.05. The summed E-state index contributed by atoms with van der Waals surface area (Å²) in [5, 5.41) is 7.77. The molecule has 1 atom stereocenters. The van der Waals surface area contributed by atoms with E-state index in [1.54, 1.807) is 12.1 Å². The van der Waals surface area contributed by atoms with Gasteiger partial charge in [0.1, 0.15) is 5.82 Å². The molecule has 1 N–H and O–H groups in total. The maximum absolute atomic E-state index is 13.5. The highest BCUT2D eigenvalue weighted by atomic mass is 19.1. The maximum atomic E-state index is 13.5. The van der Waals surface area contributed by atoms with E-state index in [0.717, 1.165) is 17.8 Å². The second-order valence-corrected chi connectivity index (χ2v) is 4.72. The molecule has 4 heteroatoms. The Morgan fingerprint density at radius 2 is 2.11 bits per heavy atom. The fourth-order valence-corrected chi connectivity index (χ4v) is 2.14. The Morgan fingerprint density at radius 3 is 2.74 bits per heavy atom. The molecule has 1 unspecified atom stereocenters. The molecule has 2 aromatic rings. The van der Waals surface area contributed by atoms with Crippen LogP contribution in [0.15, 0.2) is 30.5 Å². The molecule has 102 valence electrons. The van der Waals surface area contributed by atoms with Gasteiger partial charge < -0.3 is 5.32 Å². The zero-order chi connectivity index (χ0) is 13.8. The van der Waals surface area contributed by atoms with Gasteiger partial charge in [-0.2, -0.15) is 5.10 Å². The average molecular weight is 261 g/mol. The Bertz CT molecular complexity index is 548. The lowest BCUT2D eigenvalue weighted by molar-refractivity contribution is 0.542. The fourth-order valence-electron chi connectivity index (χ4n) is 2.14. The summed E-state index contributed by atoms with van der Waals surface area (Å²) in [5.74, 6) is -0.164. The van der Waals surface area contributed by atoms with Gasteiger partial charge in [-0.25, -0.2) is 4.39 Å². The minimum absolute atomic E-state index is 0.153. The molecule has 0 fully saturated rings. The van der Waals surface area contributed by atoms with E-state index in [1.807, 2.05) is 23.9 Å². The Hall–Kier alpha value is -1.68. The number of rotatable bonds is 5. The molecule has 1 aromatic carbocycles. The summed E-state index contributed by atoms with van der Waals surface area (Å²) in [4.78, 5) is 0. The Labute approximate surface area is 113 Å². The summed E-state index contributed by atoms with van der Waals surface area (Å²) in [6.45, 7) is 7.52. The summed E-state index contributed by atoms with van der Waals surface area (Å²) >= 11 is 0.